The van der Waals surface area contributed by atoms with Crippen LogP contribution in [0.5, 0.6) is 0 Å². The molecule has 0 bridgehead atoms. The van der Waals surface area contributed by atoms with Crippen LogP contribution in [0.25, 0.3) is 0 Å². The van der Waals surface area contributed by atoms with E-state index >= 15 is 0 Å². The van der Waals surface area contributed by atoms with Crippen LogP contribution in [-0.4, -0.2) is 31.6 Å². The van der Waals surface area contributed by atoms with Gasteiger partial charge in [0, 0.05) is 31.4 Å². The van der Waals surface area contributed by atoms with Gasteiger partial charge in [0.25, 0.3) is 0 Å². The minimum Gasteiger partial charge on any atom is -0.326 e. The van der Waals surface area contributed by atoms with Crippen LogP contribution >= 0.6 is 0 Å². The molecule has 3 N–H and O–H groups in total. The summed E-state index contributed by atoms with van der Waals surface area (Å²) in [6.45, 7) is 3.11. The molecule has 17 heavy (non-hydrogen) atoms. The van der Waals surface area contributed by atoms with Crippen LogP contribution in [0.15, 0.2) is 18.2 Å². The highest BCUT2D eigenvalue weighted by Crippen LogP contribution is 2.24. The average Bonchev–Trinajstić information content (AvgIpc) is 2.70. The molecule has 1 atom stereocenters. The summed E-state index contributed by atoms with van der Waals surface area (Å²) < 4.78 is 0. The van der Waals surface area contributed by atoms with Crippen molar-refractivity contribution in [2.45, 2.75) is 18.9 Å². The molecule has 1 fully saturated rings. The minimum absolute atomic E-state index is 0.106. The third-order valence-corrected chi connectivity index (χ3v) is 3.40. The summed E-state index contributed by atoms with van der Waals surface area (Å²) in [6.07, 6.45) is 1.55. The normalized spacial score (nSPS) is 23.3. The molecule has 1 unspecified atom stereocenters. The van der Waals surface area contributed by atoms with Crippen LogP contribution in [0.2, 0.25) is 0 Å². The largest absolute Gasteiger partial charge is 0.326 e. The third-order valence-electron chi connectivity index (χ3n) is 3.40. The van der Waals surface area contributed by atoms with E-state index < -0.39 is 0 Å². The number of hydrogen-bond acceptors (Lipinski definition) is 3. The molecule has 4 nitrogen and oxygen atoms in total. The van der Waals surface area contributed by atoms with Crippen LogP contribution in [0, 0.1) is 0 Å². The topological polar surface area (TPSA) is 53.2 Å². The summed E-state index contributed by atoms with van der Waals surface area (Å²) >= 11 is 0. The Morgan fingerprint density at radius 2 is 2.24 bits per heavy atom. The number of benzene rings is 1. The summed E-state index contributed by atoms with van der Waals surface area (Å²) in [5.41, 5.74) is 3.42. The number of hydrogen-bond donors (Lipinski definition) is 3. The quantitative estimate of drug-likeness (QED) is 0.685. The molecular formula is C13H17N3O. The molecule has 2 aliphatic heterocycles. The predicted octanol–water partition coefficient (Wildman–Crippen LogP) is 0.285. The van der Waals surface area contributed by atoms with Crippen LogP contribution < -0.4 is 16.0 Å². The van der Waals surface area contributed by atoms with E-state index in [9.17, 15) is 4.79 Å². The Hall–Kier alpha value is -1.39. The number of piperazine rings is 1. The highest BCUT2D eigenvalue weighted by atomic mass is 16.1. The van der Waals surface area contributed by atoms with E-state index in [0.717, 1.165) is 37.3 Å². The number of anilines is 1. The van der Waals surface area contributed by atoms with Crippen molar-refractivity contribution in [2.24, 2.45) is 0 Å². The van der Waals surface area contributed by atoms with E-state index in [1.807, 2.05) is 6.07 Å². The van der Waals surface area contributed by atoms with Gasteiger partial charge in [-0.1, -0.05) is 12.1 Å². The second-order valence-corrected chi connectivity index (χ2v) is 4.78. The van der Waals surface area contributed by atoms with Gasteiger partial charge < -0.3 is 16.0 Å². The van der Waals surface area contributed by atoms with E-state index in [0.29, 0.717) is 12.5 Å². The first-order chi connectivity index (χ1) is 8.31. The molecule has 0 aliphatic carbocycles. The molecule has 1 saturated heterocycles. The Morgan fingerprint density at radius 3 is 3.06 bits per heavy atom. The van der Waals surface area contributed by atoms with Crippen molar-refractivity contribution in [3.8, 4) is 0 Å². The van der Waals surface area contributed by atoms with Crippen LogP contribution in [0.3, 0.4) is 0 Å². The van der Waals surface area contributed by atoms with Gasteiger partial charge in [-0.3, -0.25) is 4.79 Å². The lowest BCUT2D eigenvalue weighted by molar-refractivity contribution is -0.115. The highest BCUT2D eigenvalue weighted by Gasteiger charge is 2.18. The molecule has 1 aromatic rings. The average molecular weight is 231 g/mol. The molecule has 2 aliphatic rings. The Morgan fingerprint density at radius 1 is 1.29 bits per heavy atom. The van der Waals surface area contributed by atoms with Crippen LogP contribution in [0.4, 0.5) is 5.69 Å². The van der Waals surface area contributed by atoms with E-state index in [-0.39, 0.29) is 5.91 Å². The molecule has 0 spiro atoms. The van der Waals surface area contributed by atoms with Crippen molar-refractivity contribution in [3.05, 3.63) is 29.3 Å². The molecule has 4 heteroatoms. The van der Waals surface area contributed by atoms with Crippen molar-refractivity contribution in [1.82, 2.24) is 10.6 Å². The molecular weight excluding hydrogens is 214 g/mol. The monoisotopic (exact) mass is 231 g/mol. The zero-order valence-electron chi connectivity index (χ0n) is 9.75. The smallest absolute Gasteiger partial charge is 0.228 e. The van der Waals surface area contributed by atoms with Gasteiger partial charge in [0.05, 0.1) is 6.42 Å². The Bertz CT molecular complexity index is 438. The summed E-state index contributed by atoms with van der Waals surface area (Å²) in [5.74, 6) is 0.106. The molecule has 3 rings (SSSR count). The molecule has 90 valence electrons. The Kier molecular flexibility index (Phi) is 2.82. The Labute approximate surface area is 101 Å². The number of nitrogens with one attached hydrogen (secondary N) is 3. The third kappa shape index (κ3) is 2.33. The second kappa shape index (κ2) is 4.47. The van der Waals surface area contributed by atoms with E-state index in [1.54, 1.807) is 0 Å². The van der Waals surface area contributed by atoms with E-state index in [2.05, 4.69) is 28.1 Å². The molecule has 0 radical (unpaired) electrons. The van der Waals surface area contributed by atoms with Gasteiger partial charge in [-0.15, -0.1) is 0 Å². The lowest BCUT2D eigenvalue weighted by Crippen LogP contribution is -2.49. The lowest BCUT2D eigenvalue weighted by atomic mass is 10.0. The summed E-state index contributed by atoms with van der Waals surface area (Å²) in [7, 11) is 0. The number of carbonyl (C=O) groups excluding carboxylic acids is 1. The van der Waals surface area contributed by atoms with E-state index in [1.165, 1.54) is 5.56 Å². The summed E-state index contributed by atoms with van der Waals surface area (Å²) in [5, 5.41) is 9.75. The maximum atomic E-state index is 11.3. The first kappa shape index (κ1) is 10.7. The second-order valence-electron chi connectivity index (χ2n) is 4.78. The Balaban J connectivity index is 1.72. The first-order valence-corrected chi connectivity index (χ1v) is 6.17. The van der Waals surface area contributed by atoms with E-state index in [4.69, 9.17) is 0 Å². The zero-order chi connectivity index (χ0) is 11.7. The zero-order valence-corrected chi connectivity index (χ0v) is 9.75. The number of rotatable bonds is 2. The molecule has 1 amide bonds. The van der Waals surface area contributed by atoms with Crippen molar-refractivity contribution < 1.29 is 4.79 Å². The van der Waals surface area contributed by atoms with Gasteiger partial charge in [-0.2, -0.15) is 0 Å². The van der Waals surface area contributed by atoms with Crippen LogP contribution in [0.1, 0.15) is 11.1 Å². The van der Waals surface area contributed by atoms with Crippen molar-refractivity contribution >= 4 is 11.6 Å². The maximum Gasteiger partial charge on any atom is 0.228 e. The van der Waals surface area contributed by atoms with Gasteiger partial charge in [-0.25, -0.2) is 0 Å². The predicted molar refractivity (Wildman–Crippen MR) is 67.1 cm³/mol. The van der Waals surface area contributed by atoms with Gasteiger partial charge in [0.15, 0.2) is 0 Å². The fourth-order valence-electron chi connectivity index (χ4n) is 2.55. The molecule has 2 heterocycles. The van der Waals surface area contributed by atoms with Gasteiger partial charge in [-0.05, 0) is 23.6 Å². The standard InChI is InChI=1S/C13H17N3O/c17-13-7-10-5-9(1-2-12(10)16-13)6-11-8-14-3-4-15-11/h1-2,5,11,14-15H,3-4,6-8H2,(H,16,17). The van der Waals surface area contributed by atoms with Gasteiger partial charge in [0.1, 0.15) is 0 Å². The fourth-order valence-corrected chi connectivity index (χ4v) is 2.55. The highest BCUT2D eigenvalue weighted by molar-refractivity contribution is 5.99. The number of fused-ring (bicyclic) bond motifs is 1. The molecule has 1 aromatic carbocycles. The summed E-state index contributed by atoms with van der Waals surface area (Å²) in [6, 6.07) is 6.79. The molecule has 0 aromatic heterocycles. The summed E-state index contributed by atoms with van der Waals surface area (Å²) in [4.78, 5) is 11.3. The van der Waals surface area contributed by atoms with Crippen molar-refractivity contribution in [3.63, 3.8) is 0 Å². The minimum atomic E-state index is 0.106. The van der Waals surface area contributed by atoms with Gasteiger partial charge >= 0.3 is 0 Å². The fraction of sp³-hybridized carbons (Fsp3) is 0.462. The maximum absolute atomic E-state index is 11.3. The lowest BCUT2D eigenvalue weighted by Gasteiger charge is -2.24. The first-order valence-electron chi connectivity index (χ1n) is 6.17. The number of carbonyl (C=O) groups is 1. The number of amides is 1. The molecule has 0 saturated carbocycles. The van der Waals surface area contributed by atoms with Crippen molar-refractivity contribution in [1.29, 1.82) is 0 Å². The van der Waals surface area contributed by atoms with Crippen LogP contribution in [-0.2, 0) is 17.6 Å². The van der Waals surface area contributed by atoms with Crippen molar-refractivity contribution in [2.75, 3.05) is 25.0 Å². The SMILES string of the molecule is O=C1Cc2cc(CC3CNCCN3)ccc2N1. The van der Waals surface area contributed by atoms with Gasteiger partial charge in [0.2, 0.25) is 5.91 Å².